The van der Waals surface area contributed by atoms with Gasteiger partial charge in [0.1, 0.15) is 5.82 Å². The molecule has 1 aromatic heterocycles. The highest BCUT2D eigenvalue weighted by Gasteiger charge is 2.13. The van der Waals surface area contributed by atoms with E-state index in [4.69, 9.17) is 5.73 Å². The van der Waals surface area contributed by atoms with Crippen molar-refractivity contribution in [3.05, 3.63) is 11.8 Å². The Morgan fingerprint density at radius 2 is 2.20 bits per heavy atom. The minimum Gasteiger partial charge on any atom is -0.384 e. The van der Waals surface area contributed by atoms with Gasteiger partial charge in [-0.1, -0.05) is 0 Å². The lowest BCUT2D eigenvalue weighted by Gasteiger charge is -2.26. The second-order valence-electron chi connectivity index (χ2n) is 3.90. The fourth-order valence-corrected chi connectivity index (χ4v) is 1.92. The first-order valence-electron chi connectivity index (χ1n) is 5.54. The van der Waals surface area contributed by atoms with Gasteiger partial charge in [-0.05, 0) is 6.92 Å². The molecule has 0 amide bonds. The molecule has 2 heterocycles. The molecule has 1 aliphatic heterocycles. The van der Waals surface area contributed by atoms with E-state index in [9.17, 15) is 0 Å². The molecule has 15 heavy (non-hydrogen) atoms. The van der Waals surface area contributed by atoms with Crippen LogP contribution in [0.4, 0.5) is 5.82 Å². The van der Waals surface area contributed by atoms with E-state index in [1.807, 2.05) is 10.9 Å². The van der Waals surface area contributed by atoms with E-state index in [0.717, 1.165) is 50.6 Å². The van der Waals surface area contributed by atoms with Crippen LogP contribution in [-0.2, 0) is 13.1 Å². The predicted molar refractivity (Wildman–Crippen MR) is 60.5 cm³/mol. The van der Waals surface area contributed by atoms with Crippen molar-refractivity contribution in [2.75, 3.05) is 31.9 Å². The summed E-state index contributed by atoms with van der Waals surface area (Å²) < 4.78 is 1.84. The lowest BCUT2D eigenvalue weighted by Crippen LogP contribution is -2.42. The summed E-state index contributed by atoms with van der Waals surface area (Å²) in [5, 5.41) is 7.59. The normalized spacial score (nSPS) is 18.2. The fourth-order valence-electron chi connectivity index (χ4n) is 1.92. The third-order valence-electron chi connectivity index (χ3n) is 2.86. The van der Waals surface area contributed by atoms with Gasteiger partial charge in [-0.15, -0.1) is 0 Å². The first kappa shape index (κ1) is 10.4. The van der Waals surface area contributed by atoms with E-state index in [1.165, 1.54) is 0 Å². The van der Waals surface area contributed by atoms with E-state index in [-0.39, 0.29) is 0 Å². The molecule has 0 atom stereocenters. The Morgan fingerprint density at radius 1 is 1.47 bits per heavy atom. The molecular formula is C10H19N5. The number of nitrogens with one attached hydrogen (secondary N) is 1. The van der Waals surface area contributed by atoms with Crippen LogP contribution in [0.2, 0.25) is 0 Å². The summed E-state index contributed by atoms with van der Waals surface area (Å²) in [6.07, 6.45) is 1.89. The minimum absolute atomic E-state index is 0.816. The zero-order valence-electron chi connectivity index (χ0n) is 9.24. The summed E-state index contributed by atoms with van der Waals surface area (Å²) >= 11 is 0. The Labute approximate surface area is 90.2 Å². The second kappa shape index (κ2) is 4.63. The number of nitrogens with two attached hydrogens (primary N) is 1. The van der Waals surface area contributed by atoms with Crippen LogP contribution in [0.15, 0.2) is 6.20 Å². The molecule has 5 heteroatoms. The molecule has 3 N–H and O–H groups in total. The van der Waals surface area contributed by atoms with Gasteiger partial charge in [0.25, 0.3) is 0 Å². The molecule has 1 saturated heterocycles. The van der Waals surface area contributed by atoms with Gasteiger partial charge in [0.15, 0.2) is 0 Å². The number of piperazine rings is 1. The molecule has 84 valence electrons. The molecule has 1 fully saturated rings. The van der Waals surface area contributed by atoms with Crippen molar-refractivity contribution in [2.24, 2.45) is 0 Å². The van der Waals surface area contributed by atoms with Crippen LogP contribution < -0.4 is 11.1 Å². The molecule has 0 bridgehead atoms. The molecule has 0 saturated carbocycles. The third kappa shape index (κ3) is 2.30. The monoisotopic (exact) mass is 209 g/mol. The number of hydrogen-bond donors (Lipinski definition) is 2. The maximum absolute atomic E-state index is 5.99. The highest BCUT2D eigenvalue weighted by atomic mass is 15.3. The number of aromatic nitrogens is 2. The van der Waals surface area contributed by atoms with Crippen LogP contribution in [0.5, 0.6) is 0 Å². The lowest BCUT2D eigenvalue weighted by molar-refractivity contribution is 0.233. The van der Waals surface area contributed by atoms with Gasteiger partial charge in [-0.3, -0.25) is 9.58 Å². The van der Waals surface area contributed by atoms with Crippen molar-refractivity contribution in [1.29, 1.82) is 0 Å². The third-order valence-corrected chi connectivity index (χ3v) is 2.86. The summed E-state index contributed by atoms with van der Waals surface area (Å²) in [5.41, 5.74) is 7.14. The van der Waals surface area contributed by atoms with E-state index < -0.39 is 0 Å². The zero-order valence-corrected chi connectivity index (χ0v) is 9.24. The number of hydrogen-bond acceptors (Lipinski definition) is 4. The van der Waals surface area contributed by atoms with Gasteiger partial charge in [0, 0.05) is 44.8 Å². The van der Waals surface area contributed by atoms with Crippen LogP contribution in [0.1, 0.15) is 12.5 Å². The van der Waals surface area contributed by atoms with Crippen molar-refractivity contribution >= 4 is 5.82 Å². The lowest BCUT2D eigenvalue weighted by atomic mass is 10.2. The zero-order chi connectivity index (χ0) is 10.7. The van der Waals surface area contributed by atoms with Crippen molar-refractivity contribution in [3.8, 4) is 0 Å². The smallest absolute Gasteiger partial charge is 0.126 e. The van der Waals surface area contributed by atoms with Crippen LogP contribution in [0.25, 0.3) is 0 Å². The van der Waals surface area contributed by atoms with E-state index in [2.05, 4.69) is 22.2 Å². The maximum atomic E-state index is 5.99. The summed E-state index contributed by atoms with van der Waals surface area (Å²) in [6, 6.07) is 0. The molecule has 0 radical (unpaired) electrons. The van der Waals surface area contributed by atoms with Gasteiger partial charge in [0.05, 0.1) is 6.20 Å². The molecule has 5 nitrogen and oxygen atoms in total. The molecule has 0 aromatic carbocycles. The van der Waals surface area contributed by atoms with E-state index in [1.54, 1.807) is 0 Å². The number of nitrogens with zero attached hydrogens (tertiary/aromatic N) is 3. The molecule has 2 rings (SSSR count). The largest absolute Gasteiger partial charge is 0.384 e. The van der Waals surface area contributed by atoms with Gasteiger partial charge in [-0.2, -0.15) is 5.10 Å². The SMILES string of the molecule is CCn1ncc(CN2CCNCC2)c1N. The van der Waals surface area contributed by atoms with Gasteiger partial charge in [-0.25, -0.2) is 0 Å². The summed E-state index contributed by atoms with van der Waals surface area (Å²) in [4.78, 5) is 2.41. The fraction of sp³-hybridized carbons (Fsp3) is 0.700. The Kier molecular flexibility index (Phi) is 3.23. The first-order valence-corrected chi connectivity index (χ1v) is 5.54. The Balaban J connectivity index is 2.00. The number of anilines is 1. The number of aryl methyl sites for hydroxylation is 1. The summed E-state index contributed by atoms with van der Waals surface area (Å²) in [7, 11) is 0. The highest BCUT2D eigenvalue weighted by molar-refractivity contribution is 5.38. The molecule has 1 aromatic rings. The molecule has 0 aliphatic carbocycles. The topological polar surface area (TPSA) is 59.1 Å². The molecule has 0 unspecified atom stereocenters. The first-order chi connectivity index (χ1) is 7.31. The van der Waals surface area contributed by atoms with Crippen molar-refractivity contribution < 1.29 is 0 Å². The van der Waals surface area contributed by atoms with Gasteiger partial charge >= 0.3 is 0 Å². The Hall–Kier alpha value is -1.07. The van der Waals surface area contributed by atoms with Crippen molar-refractivity contribution in [3.63, 3.8) is 0 Å². The average Bonchev–Trinajstić information content (AvgIpc) is 2.62. The second-order valence-corrected chi connectivity index (χ2v) is 3.90. The summed E-state index contributed by atoms with van der Waals surface area (Å²) in [5.74, 6) is 0.816. The van der Waals surface area contributed by atoms with Crippen molar-refractivity contribution in [2.45, 2.75) is 20.0 Å². The quantitative estimate of drug-likeness (QED) is 0.729. The Morgan fingerprint density at radius 3 is 2.80 bits per heavy atom. The highest BCUT2D eigenvalue weighted by Crippen LogP contribution is 2.13. The number of rotatable bonds is 3. The van der Waals surface area contributed by atoms with Crippen LogP contribution in [0.3, 0.4) is 0 Å². The van der Waals surface area contributed by atoms with Gasteiger partial charge in [0.2, 0.25) is 0 Å². The molecule has 0 spiro atoms. The minimum atomic E-state index is 0.816. The Bertz CT molecular complexity index is 314. The molecule has 1 aliphatic rings. The van der Waals surface area contributed by atoms with E-state index >= 15 is 0 Å². The predicted octanol–water partition coefficient (Wildman–Crippen LogP) is -0.110. The van der Waals surface area contributed by atoms with Crippen LogP contribution in [0, 0.1) is 0 Å². The molecular weight excluding hydrogens is 190 g/mol. The van der Waals surface area contributed by atoms with Gasteiger partial charge < -0.3 is 11.1 Å². The number of nitrogen functional groups attached to an aromatic ring is 1. The maximum Gasteiger partial charge on any atom is 0.126 e. The van der Waals surface area contributed by atoms with Crippen molar-refractivity contribution in [1.82, 2.24) is 20.0 Å². The van der Waals surface area contributed by atoms with Crippen LogP contribution >= 0.6 is 0 Å². The van der Waals surface area contributed by atoms with E-state index in [0.29, 0.717) is 0 Å². The van der Waals surface area contributed by atoms with Crippen LogP contribution in [-0.4, -0.2) is 40.9 Å². The average molecular weight is 209 g/mol. The summed E-state index contributed by atoms with van der Waals surface area (Å²) in [6.45, 7) is 8.15. The standard InChI is InChI=1S/C10H19N5/c1-2-15-10(11)9(7-13-15)8-14-5-3-12-4-6-14/h7,12H,2-6,8,11H2,1H3.